The molecule has 0 aliphatic carbocycles. The Hall–Kier alpha value is -1.98. The molecule has 0 aliphatic heterocycles. The quantitative estimate of drug-likeness (QED) is 0.661. The molecule has 8 heteroatoms. The monoisotopic (exact) mass is 350 g/mol. The molecule has 23 heavy (non-hydrogen) atoms. The Bertz CT molecular complexity index is 880. The Morgan fingerprint density at radius 3 is 2.61 bits per heavy atom. The normalized spacial score (nSPS) is 11.3. The van der Waals surface area contributed by atoms with Crippen LogP contribution in [0.3, 0.4) is 0 Å². The van der Waals surface area contributed by atoms with Gasteiger partial charge in [-0.3, -0.25) is 9.40 Å². The van der Waals surface area contributed by atoms with E-state index in [1.807, 2.05) is 18.4 Å². The molecule has 0 saturated carbocycles. The van der Waals surface area contributed by atoms with Crippen molar-refractivity contribution in [3.8, 4) is 5.40 Å². The number of nitrogens with one attached hydrogen (secondary N) is 1. The highest BCUT2D eigenvalue weighted by molar-refractivity contribution is 8.03. The van der Waals surface area contributed by atoms with Gasteiger partial charge in [-0.25, -0.2) is 8.42 Å². The van der Waals surface area contributed by atoms with Crippen molar-refractivity contribution in [3.63, 3.8) is 0 Å². The number of rotatable bonds is 5. The van der Waals surface area contributed by atoms with Crippen molar-refractivity contribution in [3.05, 3.63) is 35.2 Å². The van der Waals surface area contributed by atoms with Gasteiger partial charge in [-0.15, -0.1) is 0 Å². The molecule has 2 aromatic rings. The van der Waals surface area contributed by atoms with Gasteiger partial charge in [0, 0.05) is 11.9 Å². The van der Waals surface area contributed by atoms with Crippen LogP contribution < -0.4 is 4.72 Å². The molecule has 1 aromatic carbocycles. The van der Waals surface area contributed by atoms with E-state index in [0.717, 1.165) is 22.2 Å². The van der Waals surface area contributed by atoms with Gasteiger partial charge >= 0.3 is 0 Å². The van der Waals surface area contributed by atoms with Crippen LogP contribution in [0, 0.1) is 24.5 Å². The highest BCUT2D eigenvalue weighted by Crippen LogP contribution is 2.28. The molecule has 0 saturated heterocycles. The summed E-state index contributed by atoms with van der Waals surface area (Å²) in [7, 11) is -2.00. The van der Waals surface area contributed by atoms with Crippen LogP contribution in [-0.2, 0) is 23.5 Å². The molecule has 122 valence electrons. The Kier molecular flexibility index (Phi) is 5.02. The van der Waals surface area contributed by atoms with Gasteiger partial charge in [0.25, 0.3) is 10.0 Å². The van der Waals surface area contributed by atoms with Gasteiger partial charge in [-0.1, -0.05) is 6.92 Å². The average Bonchev–Trinajstić information content (AvgIpc) is 2.74. The van der Waals surface area contributed by atoms with Crippen LogP contribution in [0.25, 0.3) is 0 Å². The SMILES string of the molecule is CCc1cc(SC#N)ccc1NS(=O)(=O)c1c(C)nn(C)c1C. The topological polar surface area (TPSA) is 87.8 Å². The van der Waals surface area contributed by atoms with Crippen LogP contribution >= 0.6 is 11.8 Å². The first-order chi connectivity index (χ1) is 10.8. The third kappa shape index (κ3) is 3.51. The molecule has 0 spiro atoms. The molecule has 0 fully saturated rings. The van der Waals surface area contributed by atoms with Crippen molar-refractivity contribution in [2.45, 2.75) is 37.0 Å². The van der Waals surface area contributed by atoms with Crippen LogP contribution in [0.2, 0.25) is 0 Å². The Morgan fingerprint density at radius 2 is 2.09 bits per heavy atom. The van der Waals surface area contributed by atoms with Gasteiger partial charge in [-0.05, 0) is 55.8 Å². The second kappa shape index (κ2) is 6.64. The zero-order valence-corrected chi connectivity index (χ0v) is 15.0. The lowest BCUT2D eigenvalue weighted by atomic mass is 10.1. The van der Waals surface area contributed by atoms with Gasteiger partial charge < -0.3 is 0 Å². The third-order valence-corrected chi connectivity index (χ3v) is 5.77. The molecule has 0 atom stereocenters. The van der Waals surface area contributed by atoms with E-state index < -0.39 is 10.0 Å². The van der Waals surface area contributed by atoms with Crippen LogP contribution in [-0.4, -0.2) is 18.2 Å². The molecule has 1 N–H and O–H groups in total. The molecule has 2 rings (SSSR count). The molecule has 0 bridgehead atoms. The van der Waals surface area contributed by atoms with Crippen LogP contribution in [0.1, 0.15) is 23.9 Å². The van der Waals surface area contributed by atoms with Crippen LogP contribution in [0.15, 0.2) is 28.0 Å². The van der Waals surface area contributed by atoms with E-state index in [1.54, 1.807) is 37.7 Å². The van der Waals surface area contributed by atoms with Gasteiger partial charge in [0.15, 0.2) is 0 Å². The van der Waals surface area contributed by atoms with Gasteiger partial charge in [-0.2, -0.15) is 10.4 Å². The zero-order valence-electron chi connectivity index (χ0n) is 13.4. The zero-order chi connectivity index (χ0) is 17.2. The van der Waals surface area contributed by atoms with Gasteiger partial charge in [0.1, 0.15) is 10.3 Å². The largest absolute Gasteiger partial charge is 0.279 e. The first-order valence-electron chi connectivity index (χ1n) is 7.02. The summed E-state index contributed by atoms with van der Waals surface area (Å²) >= 11 is 1.05. The number of thiocyanates is 1. The Labute approximate surface area is 140 Å². The number of aryl methyl sites for hydroxylation is 3. The fourth-order valence-electron chi connectivity index (χ4n) is 2.42. The predicted octanol–water partition coefficient (Wildman–Crippen LogP) is 2.97. The highest BCUT2D eigenvalue weighted by Gasteiger charge is 2.24. The Balaban J connectivity index is 2.43. The second-order valence-corrected chi connectivity index (χ2v) is 7.57. The molecule has 0 radical (unpaired) electrons. The van der Waals surface area contributed by atoms with E-state index in [4.69, 9.17) is 5.26 Å². The molecular formula is C15H18N4O2S2. The maximum absolute atomic E-state index is 12.7. The highest BCUT2D eigenvalue weighted by atomic mass is 32.2. The van der Waals surface area contributed by atoms with E-state index in [-0.39, 0.29) is 4.90 Å². The maximum Gasteiger partial charge on any atom is 0.265 e. The third-order valence-electron chi connectivity index (χ3n) is 3.58. The number of sulfonamides is 1. The minimum absolute atomic E-state index is 0.206. The lowest BCUT2D eigenvalue weighted by Crippen LogP contribution is -2.16. The molecule has 0 aliphatic rings. The smallest absolute Gasteiger partial charge is 0.265 e. The molecule has 0 amide bonds. The van der Waals surface area contributed by atoms with Crippen molar-refractivity contribution in [2.75, 3.05) is 4.72 Å². The summed E-state index contributed by atoms with van der Waals surface area (Å²) in [4.78, 5) is 0.999. The second-order valence-electron chi connectivity index (χ2n) is 5.09. The number of hydrogen-bond donors (Lipinski definition) is 1. The summed E-state index contributed by atoms with van der Waals surface area (Å²) in [6.45, 7) is 5.34. The summed E-state index contributed by atoms with van der Waals surface area (Å²) in [6.07, 6.45) is 0.655. The van der Waals surface area contributed by atoms with Crippen molar-refractivity contribution in [2.24, 2.45) is 7.05 Å². The standard InChI is InChI=1S/C15H18N4O2S2/c1-5-12-8-13(22-9-16)6-7-14(12)18-23(20,21)15-10(2)17-19(4)11(15)3/h6-8,18H,5H2,1-4H3. The minimum Gasteiger partial charge on any atom is -0.279 e. The lowest BCUT2D eigenvalue weighted by Gasteiger charge is -2.13. The average molecular weight is 350 g/mol. The van der Waals surface area contributed by atoms with E-state index in [1.165, 1.54) is 0 Å². The van der Waals surface area contributed by atoms with Gasteiger partial charge in [0.2, 0.25) is 0 Å². The van der Waals surface area contributed by atoms with E-state index in [0.29, 0.717) is 23.5 Å². The molecule has 1 aromatic heterocycles. The number of aromatic nitrogens is 2. The summed E-state index contributed by atoms with van der Waals surface area (Å²) in [5, 5.41) is 14.9. The van der Waals surface area contributed by atoms with E-state index in [2.05, 4.69) is 9.82 Å². The molecule has 6 nitrogen and oxygen atoms in total. The minimum atomic E-state index is -3.72. The van der Waals surface area contributed by atoms with E-state index >= 15 is 0 Å². The van der Waals surface area contributed by atoms with Crippen molar-refractivity contribution >= 4 is 27.5 Å². The first-order valence-corrected chi connectivity index (χ1v) is 9.32. The number of thioether (sulfide) groups is 1. The van der Waals surface area contributed by atoms with Crippen molar-refractivity contribution < 1.29 is 8.42 Å². The number of hydrogen-bond acceptors (Lipinski definition) is 5. The summed E-state index contributed by atoms with van der Waals surface area (Å²) in [5.74, 6) is 0. The molecule has 0 unspecified atom stereocenters. The lowest BCUT2D eigenvalue weighted by molar-refractivity contribution is 0.599. The fraction of sp³-hybridized carbons (Fsp3) is 0.333. The molecular weight excluding hydrogens is 332 g/mol. The number of nitriles is 1. The number of nitrogens with zero attached hydrogens (tertiary/aromatic N) is 3. The van der Waals surface area contributed by atoms with Crippen LogP contribution in [0.5, 0.6) is 0 Å². The summed E-state index contributed by atoms with van der Waals surface area (Å²) in [5.41, 5.74) is 2.42. The summed E-state index contributed by atoms with van der Waals surface area (Å²) < 4.78 is 29.6. The van der Waals surface area contributed by atoms with Crippen molar-refractivity contribution in [1.29, 1.82) is 5.26 Å². The first kappa shape index (κ1) is 17.4. The van der Waals surface area contributed by atoms with Crippen LogP contribution in [0.4, 0.5) is 5.69 Å². The number of benzene rings is 1. The van der Waals surface area contributed by atoms with Crippen molar-refractivity contribution in [1.82, 2.24) is 9.78 Å². The number of anilines is 1. The maximum atomic E-state index is 12.7. The predicted molar refractivity (Wildman–Crippen MR) is 90.8 cm³/mol. The fourth-order valence-corrected chi connectivity index (χ4v) is 4.40. The van der Waals surface area contributed by atoms with Gasteiger partial charge in [0.05, 0.1) is 17.1 Å². The summed E-state index contributed by atoms with van der Waals surface area (Å²) in [6, 6.07) is 5.25. The van der Waals surface area contributed by atoms with E-state index in [9.17, 15) is 8.42 Å². The Morgan fingerprint density at radius 1 is 1.39 bits per heavy atom. The molecule has 1 heterocycles.